The van der Waals surface area contributed by atoms with Crippen LogP contribution in [0.1, 0.15) is 0 Å². The molecule has 0 aliphatic rings. The van der Waals surface area contributed by atoms with Gasteiger partial charge in [-0.25, -0.2) is 15.0 Å². The summed E-state index contributed by atoms with van der Waals surface area (Å²) >= 11 is 0. The second-order valence-electron chi connectivity index (χ2n) is 12.9. The fourth-order valence-electron chi connectivity index (χ4n) is 7.02. The number of furan rings is 1. The number of fused-ring (bicyclic) bond motifs is 5. The predicted octanol–water partition coefficient (Wildman–Crippen LogP) is 12.4. The van der Waals surface area contributed by atoms with Gasteiger partial charge < -0.3 is 4.42 Å². The lowest BCUT2D eigenvalue weighted by molar-refractivity contribution is 0.669. The van der Waals surface area contributed by atoms with Gasteiger partial charge in [-0.15, -0.1) is 0 Å². The molecule has 0 fully saturated rings. The van der Waals surface area contributed by atoms with Crippen molar-refractivity contribution in [3.63, 3.8) is 0 Å². The zero-order chi connectivity index (χ0) is 33.7. The van der Waals surface area contributed by atoms with Crippen molar-refractivity contribution in [1.82, 2.24) is 15.0 Å². The first-order valence-electron chi connectivity index (χ1n) is 17.1. The standard InChI is InChI=1S/C47H29N3O/c1-2-9-30(10-3-1)32-17-19-33(20-18-32)35-15-8-16-38(25-35)45-48-46(39-22-21-31-11-4-5-12-34(31)26-39)50-47(49-45)40-23-24-41-42-27-36-13-6-7-14-37(36)28-44(42)51-43(41)29-40/h1-29H. The molecule has 0 bridgehead atoms. The molecule has 8 aromatic carbocycles. The number of hydrogen-bond donors (Lipinski definition) is 0. The lowest BCUT2D eigenvalue weighted by atomic mass is 9.99. The summed E-state index contributed by atoms with van der Waals surface area (Å²) in [6.07, 6.45) is 0. The Bertz CT molecular complexity index is 2910. The highest BCUT2D eigenvalue weighted by molar-refractivity contribution is 6.10. The van der Waals surface area contributed by atoms with Gasteiger partial charge in [0.05, 0.1) is 0 Å². The fourth-order valence-corrected chi connectivity index (χ4v) is 7.02. The molecule has 4 nitrogen and oxygen atoms in total. The molecule has 0 radical (unpaired) electrons. The highest BCUT2D eigenvalue weighted by Gasteiger charge is 2.16. The summed E-state index contributed by atoms with van der Waals surface area (Å²) in [5, 5.41) is 6.81. The zero-order valence-electron chi connectivity index (χ0n) is 27.5. The second-order valence-corrected chi connectivity index (χ2v) is 12.9. The summed E-state index contributed by atoms with van der Waals surface area (Å²) < 4.78 is 6.43. The molecule has 0 spiro atoms. The molecule has 0 amide bonds. The van der Waals surface area contributed by atoms with Crippen LogP contribution in [0.3, 0.4) is 0 Å². The summed E-state index contributed by atoms with van der Waals surface area (Å²) in [6, 6.07) is 61.2. The van der Waals surface area contributed by atoms with Crippen molar-refractivity contribution in [2.24, 2.45) is 0 Å². The quantitative estimate of drug-likeness (QED) is 0.186. The van der Waals surface area contributed by atoms with Crippen LogP contribution < -0.4 is 0 Å². The van der Waals surface area contributed by atoms with Gasteiger partial charge in [-0.2, -0.15) is 0 Å². The molecular formula is C47H29N3O. The number of rotatable bonds is 5. The lowest BCUT2D eigenvalue weighted by Gasteiger charge is -2.10. The minimum absolute atomic E-state index is 0.591. The van der Waals surface area contributed by atoms with Crippen molar-refractivity contribution in [1.29, 1.82) is 0 Å². The summed E-state index contributed by atoms with van der Waals surface area (Å²) in [5.74, 6) is 1.82. The molecule has 0 saturated heterocycles. The SMILES string of the molecule is c1ccc(-c2ccc(-c3cccc(-c4nc(-c5ccc6ccccc6c5)nc(-c5ccc6c(c5)oc5cc7ccccc7cc56)n4)c3)cc2)cc1. The zero-order valence-corrected chi connectivity index (χ0v) is 27.5. The van der Waals surface area contributed by atoms with E-state index in [9.17, 15) is 0 Å². The second kappa shape index (κ2) is 11.9. The van der Waals surface area contributed by atoms with Gasteiger partial charge in [-0.3, -0.25) is 0 Å². The van der Waals surface area contributed by atoms with E-state index in [1.807, 2.05) is 12.1 Å². The summed E-state index contributed by atoms with van der Waals surface area (Å²) in [6.45, 7) is 0. The van der Waals surface area contributed by atoms with Gasteiger partial charge in [-0.05, 0) is 80.2 Å². The van der Waals surface area contributed by atoms with Crippen LogP contribution in [0.2, 0.25) is 0 Å². The predicted molar refractivity (Wildman–Crippen MR) is 209 cm³/mol. The van der Waals surface area contributed by atoms with Crippen molar-refractivity contribution in [3.05, 3.63) is 176 Å². The van der Waals surface area contributed by atoms with E-state index in [1.165, 1.54) is 21.9 Å². The fraction of sp³-hybridized carbons (Fsp3) is 0. The Labute approximate surface area is 294 Å². The number of nitrogens with zero attached hydrogens (tertiary/aromatic N) is 3. The monoisotopic (exact) mass is 651 g/mol. The lowest BCUT2D eigenvalue weighted by Crippen LogP contribution is -2.00. The third-order valence-electron chi connectivity index (χ3n) is 9.69. The molecule has 0 aliphatic heterocycles. The minimum atomic E-state index is 0.591. The molecular weight excluding hydrogens is 623 g/mol. The Morgan fingerprint density at radius 1 is 0.275 bits per heavy atom. The van der Waals surface area contributed by atoms with Crippen molar-refractivity contribution in [2.75, 3.05) is 0 Å². The third kappa shape index (κ3) is 5.31. The maximum absolute atomic E-state index is 6.43. The molecule has 0 N–H and O–H groups in total. The maximum Gasteiger partial charge on any atom is 0.164 e. The number of hydrogen-bond acceptors (Lipinski definition) is 4. The Morgan fingerprint density at radius 3 is 1.47 bits per heavy atom. The number of benzene rings is 8. The summed E-state index contributed by atoms with van der Waals surface area (Å²) in [4.78, 5) is 15.2. The van der Waals surface area contributed by atoms with E-state index < -0.39 is 0 Å². The Balaban J connectivity index is 1.10. The third-order valence-corrected chi connectivity index (χ3v) is 9.69. The normalized spacial score (nSPS) is 11.5. The van der Waals surface area contributed by atoms with Crippen LogP contribution in [0.5, 0.6) is 0 Å². The van der Waals surface area contributed by atoms with Crippen molar-refractivity contribution in [2.45, 2.75) is 0 Å². The van der Waals surface area contributed by atoms with E-state index in [1.54, 1.807) is 0 Å². The number of aromatic nitrogens is 3. The van der Waals surface area contributed by atoms with E-state index in [4.69, 9.17) is 19.4 Å². The van der Waals surface area contributed by atoms with E-state index in [0.29, 0.717) is 17.5 Å². The van der Waals surface area contributed by atoms with Gasteiger partial charge in [0.2, 0.25) is 0 Å². The molecule has 238 valence electrons. The summed E-state index contributed by atoms with van der Waals surface area (Å²) in [5.41, 5.74) is 8.99. The Kier molecular flexibility index (Phi) is 6.78. The molecule has 2 aromatic heterocycles. The van der Waals surface area contributed by atoms with Crippen molar-refractivity contribution in [3.8, 4) is 56.4 Å². The van der Waals surface area contributed by atoms with Gasteiger partial charge in [0, 0.05) is 27.5 Å². The van der Waals surface area contributed by atoms with Crippen LogP contribution in [0, 0.1) is 0 Å². The topological polar surface area (TPSA) is 51.8 Å². The van der Waals surface area contributed by atoms with Gasteiger partial charge in [-0.1, -0.05) is 140 Å². The molecule has 0 atom stereocenters. The highest BCUT2D eigenvalue weighted by atomic mass is 16.3. The largest absolute Gasteiger partial charge is 0.456 e. The molecule has 10 rings (SSSR count). The van der Waals surface area contributed by atoms with Gasteiger partial charge >= 0.3 is 0 Å². The first-order valence-corrected chi connectivity index (χ1v) is 17.1. The first-order chi connectivity index (χ1) is 25.2. The summed E-state index contributed by atoms with van der Waals surface area (Å²) in [7, 11) is 0. The van der Waals surface area contributed by atoms with Crippen LogP contribution in [-0.4, -0.2) is 15.0 Å². The van der Waals surface area contributed by atoms with Crippen LogP contribution >= 0.6 is 0 Å². The molecule has 2 heterocycles. The molecule has 4 heteroatoms. The molecule has 10 aromatic rings. The average Bonchev–Trinajstić information content (AvgIpc) is 3.56. The van der Waals surface area contributed by atoms with E-state index in [2.05, 4.69) is 164 Å². The maximum atomic E-state index is 6.43. The van der Waals surface area contributed by atoms with Gasteiger partial charge in [0.15, 0.2) is 17.5 Å². The molecule has 51 heavy (non-hydrogen) atoms. The van der Waals surface area contributed by atoms with Gasteiger partial charge in [0.25, 0.3) is 0 Å². The highest BCUT2D eigenvalue weighted by Crippen LogP contribution is 2.35. The van der Waals surface area contributed by atoms with Crippen molar-refractivity contribution >= 4 is 43.5 Å². The average molecular weight is 652 g/mol. The van der Waals surface area contributed by atoms with Crippen LogP contribution in [0.25, 0.3) is 99.9 Å². The van der Waals surface area contributed by atoms with E-state index in [-0.39, 0.29) is 0 Å². The molecule has 0 unspecified atom stereocenters. The van der Waals surface area contributed by atoms with Crippen LogP contribution in [-0.2, 0) is 0 Å². The molecule has 0 saturated carbocycles. The van der Waals surface area contributed by atoms with Crippen LogP contribution in [0.4, 0.5) is 0 Å². The Morgan fingerprint density at radius 2 is 0.745 bits per heavy atom. The van der Waals surface area contributed by atoms with Crippen LogP contribution in [0.15, 0.2) is 180 Å². The smallest absolute Gasteiger partial charge is 0.164 e. The van der Waals surface area contributed by atoms with E-state index in [0.717, 1.165) is 60.5 Å². The van der Waals surface area contributed by atoms with Crippen molar-refractivity contribution < 1.29 is 4.42 Å². The minimum Gasteiger partial charge on any atom is -0.456 e. The van der Waals surface area contributed by atoms with Gasteiger partial charge in [0.1, 0.15) is 11.2 Å². The first kappa shape index (κ1) is 29.0. The van der Waals surface area contributed by atoms with E-state index >= 15 is 0 Å². The molecule has 0 aliphatic carbocycles. The Hall–Kier alpha value is -6.91.